The van der Waals surface area contributed by atoms with E-state index in [-0.39, 0.29) is 0 Å². The Balaban J connectivity index is 1.76. The fourth-order valence-corrected chi connectivity index (χ4v) is 4.44. The second kappa shape index (κ2) is 4.63. The lowest BCUT2D eigenvalue weighted by Gasteiger charge is -2.20. The highest BCUT2D eigenvalue weighted by Crippen LogP contribution is 2.41. The van der Waals surface area contributed by atoms with Crippen molar-refractivity contribution in [2.45, 2.75) is 30.7 Å². The molecule has 16 heavy (non-hydrogen) atoms. The zero-order valence-corrected chi connectivity index (χ0v) is 11.2. The minimum Gasteiger partial charge on any atom is -0.302 e. The van der Waals surface area contributed by atoms with Gasteiger partial charge < -0.3 is 4.90 Å². The van der Waals surface area contributed by atoms with Gasteiger partial charge in [-0.2, -0.15) is 8.75 Å². The molecule has 3 rings (SSSR count). The Morgan fingerprint density at radius 3 is 3.06 bits per heavy atom. The van der Waals surface area contributed by atoms with Crippen molar-refractivity contribution in [3.05, 3.63) is 5.69 Å². The molecule has 0 aromatic carbocycles. The highest BCUT2D eigenvalue weighted by molar-refractivity contribution is 7.99. The lowest BCUT2D eigenvalue weighted by Crippen LogP contribution is -2.22. The quantitative estimate of drug-likeness (QED) is 0.773. The van der Waals surface area contributed by atoms with Gasteiger partial charge in [0.05, 0.1) is 17.4 Å². The van der Waals surface area contributed by atoms with E-state index in [0.717, 1.165) is 5.92 Å². The summed E-state index contributed by atoms with van der Waals surface area (Å²) in [7, 11) is 0. The fourth-order valence-electron chi connectivity index (χ4n) is 2.81. The van der Waals surface area contributed by atoms with E-state index in [9.17, 15) is 0 Å². The van der Waals surface area contributed by atoms with Crippen LogP contribution >= 0.6 is 23.5 Å². The highest BCUT2D eigenvalue weighted by Gasteiger charge is 2.41. The molecule has 0 amide bonds. The van der Waals surface area contributed by atoms with Crippen LogP contribution in [0.25, 0.3) is 0 Å². The number of thioether (sulfide) groups is 1. The average molecular weight is 255 g/mol. The van der Waals surface area contributed by atoms with Crippen molar-refractivity contribution >= 4 is 23.5 Å². The summed E-state index contributed by atoms with van der Waals surface area (Å²) in [6, 6.07) is 0. The first kappa shape index (κ1) is 11.0. The molecule has 0 saturated carbocycles. The molecule has 3 heterocycles. The van der Waals surface area contributed by atoms with Crippen LogP contribution < -0.4 is 0 Å². The standard InChI is InChI=1S/C11H17N3S2/c1-2-5-15-11-10(12-16-13-11)9-7-14-4-3-8(9)6-14/h8-9H,2-7H2,1H3/t8-,9-/m1/s1. The second-order valence-corrected chi connectivity index (χ2v) is 6.33. The second-order valence-electron chi connectivity index (χ2n) is 4.72. The van der Waals surface area contributed by atoms with Gasteiger partial charge in [-0.25, -0.2) is 0 Å². The van der Waals surface area contributed by atoms with Gasteiger partial charge in [-0.05, 0) is 31.1 Å². The van der Waals surface area contributed by atoms with Crippen LogP contribution in [-0.2, 0) is 0 Å². The van der Waals surface area contributed by atoms with Gasteiger partial charge in [0.2, 0.25) is 0 Å². The van der Waals surface area contributed by atoms with Gasteiger partial charge >= 0.3 is 0 Å². The first-order valence-corrected chi connectivity index (χ1v) is 7.77. The summed E-state index contributed by atoms with van der Waals surface area (Å²) in [5.74, 6) is 2.69. The number of rotatable bonds is 4. The molecular weight excluding hydrogens is 238 g/mol. The van der Waals surface area contributed by atoms with E-state index in [1.54, 1.807) is 0 Å². The lowest BCUT2D eigenvalue weighted by atomic mass is 9.90. The van der Waals surface area contributed by atoms with Crippen molar-refractivity contribution in [1.82, 2.24) is 13.6 Å². The lowest BCUT2D eigenvalue weighted by molar-refractivity contribution is 0.342. The van der Waals surface area contributed by atoms with E-state index in [1.165, 1.54) is 60.7 Å². The smallest absolute Gasteiger partial charge is 0.134 e. The summed E-state index contributed by atoms with van der Waals surface area (Å²) < 4.78 is 9.01. The van der Waals surface area contributed by atoms with E-state index in [1.807, 2.05) is 11.8 Å². The van der Waals surface area contributed by atoms with E-state index in [4.69, 9.17) is 0 Å². The van der Waals surface area contributed by atoms with Gasteiger partial charge in [0, 0.05) is 19.0 Å². The Morgan fingerprint density at radius 1 is 1.44 bits per heavy atom. The van der Waals surface area contributed by atoms with Crippen LogP contribution in [0.2, 0.25) is 0 Å². The predicted molar refractivity (Wildman–Crippen MR) is 68.2 cm³/mol. The molecule has 2 bridgehead atoms. The maximum Gasteiger partial charge on any atom is 0.134 e. The number of nitrogens with zero attached hydrogens (tertiary/aromatic N) is 3. The van der Waals surface area contributed by atoms with Crippen molar-refractivity contribution in [3.8, 4) is 0 Å². The Labute approximate surface area is 105 Å². The first-order valence-electron chi connectivity index (χ1n) is 6.06. The molecule has 2 saturated heterocycles. The third-order valence-corrected chi connectivity index (χ3v) is 5.45. The summed E-state index contributed by atoms with van der Waals surface area (Å²) in [5, 5.41) is 1.21. The van der Waals surface area contributed by atoms with Crippen molar-refractivity contribution in [1.29, 1.82) is 0 Å². The van der Waals surface area contributed by atoms with Gasteiger partial charge in [0.25, 0.3) is 0 Å². The van der Waals surface area contributed by atoms with Crippen molar-refractivity contribution < 1.29 is 0 Å². The Kier molecular flexibility index (Phi) is 3.18. The SMILES string of the molecule is CCCSc1nsnc1[C@@H]1CN2CC[C@@H]1C2. The van der Waals surface area contributed by atoms with Crippen LogP contribution in [0.15, 0.2) is 5.03 Å². The highest BCUT2D eigenvalue weighted by atomic mass is 32.2. The molecule has 1 aromatic heterocycles. The summed E-state index contributed by atoms with van der Waals surface area (Å²) in [6.07, 6.45) is 2.57. The molecule has 3 atom stereocenters. The van der Waals surface area contributed by atoms with Gasteiger partial charge in [-0.15, -0.1) is 11.8 Å². The van der Waals surface area contributed by atoms with Crippen LogP contribution in [0.3, 0.4) is 0 Å². The Morgan fingerprint density at radius 2 is 2.38 bits per heavy atom. The molecule has 0 N–H and O–H groups in total. The number of aromatic nitrogens is 2. The normalized spacial score (nSPS) is 32.4. The molecule has 1 unspecified atom stereocenters. The van der Waals surface area contributed by atoms with Gasteiger partial charge in [-0.1, -0.05) is 6.92 Å². The number of piperidine rings is 1. The molecule has 5 heteroatoms. The topological polar surface area (TPSA) is 29.0 Å². The average Bonchev–Trinajstić information content (AvgIpc) is 3.01. The van der Waals surface area contributed by atoms with Crippen LogP contribution in [0.4, 0.5) is 0 Å². The number of hydrogen-bond acceptors (Lipinski definition) is 5. The van der Waals surface area contributed by atoms with Crippen LogP contribution in [0, 0.1) is 5.92 Å². The van der Waals surface area contributed by atoms with Gasteiger partial charge in [0.1, 0.15) is 5.03 Å². The van der Waals surface area contributed by atoms with Crippen LogP contribution in [0.5, 0.6) is 0 Å². The zero-order valence-electron chi connectivity index (χ0n) is 9.56. The van der Waals surface area contributed by atoms with E-state index < -0.39 is 0 Å². The Bertz CT molecular complexity index is 366. The van der Waals surface area contributed by atoms with E-state index >= 15 is 0 Å². The van der Waals surface area contributed by atoms with E-state index in [0.29, 0.717) is 5.92 Å². The van der Waals surface area contributed by atoms with E-state index in [2.05, 4.69) is 20.6 Å². The Hall–Kier alpha value is -0.130. The fraction of sp³-hybridized carbons (Fsp3) is 0.818. The minimum atomic E-state index is 0.673. The van der Waals surface area contributed by atoms with Crippen molar-refractivity contribution in [2.75, 3.05) is 25.4 Å². The third-order valence-electron chi connectivity index (χ3n) is 3.61. The molecule has 0 spiro atoms. The summed E-state index contributed by atoms with van der Waals surface area (Å²) >= 11 is 3.28. The van der Waals surface area contributed by atoms with Gasteiger partial charge in [0.15, 0.2) is 0 Å². The monoisotopic (exact) mass is 255 g/mol. The molecule has 88 valence electrons. The first-order chi connectivity index (χ1) is 7.88. The maximum absolute atomic E-state index is 4.55. The van der Waals surface area contributed by atoms with Crippen LogP contribution in [0.1, 0.15) is 31.4 Å². The van der Waals surface area contributed by atoms with Crippen molar-refractivity contribution in [3.63, 3.8) is 0 Å². The molecule has 2 aliphatic heterocycles. The number of fused-ring (bicyclic) bond motifs is 2. The molecule has 0 radical (unpaired) electrons. The molecule has 3 nitrogen and oxygen atoms in total. The summed E-state index contributed by atoms with van der Waals surface area (Å²) in [6.45, 7) is 6.03. The molecular formula is C11H17N3S2. The molecule has 0 aliphatic carbocycles. The molecule has 2 aliphatic rings. The number of hydrogen-bond donors (Lipinski definition) is 0. The van der Waals surface area contributed by atoms with Crippen LogP contribution in [-0.4, -0.2) is 39.0 Å². The van der Waals surface area contributed by atoms with Crippen molar-refractivity contribution in [2.24, 2.45) is 5.92 Å². The molecule has 2 fully saturated rings. The largest absolute Gasteiger partial charge is 0.302 e. The maximum atomic E-state index is 4.55. The predicted octanol–water partition coefficient (Wildman–Crippen LogP) is 2.46. The molecule has 1 aromatic rings. The summed E-state index contributed by atoms with van der Waals surface area (Å²) in [5.41, 5.74) is 1.30. The zero-order chi connectivity index (χ0) is 11.0. The third kappa shape index (κ3) is 1.89. The summed E-state index contributed by atoms with van der Waals surface area (Å²) in [4.78, 5) is 2.57. The van der Waals surface area contributed by atoms with Gasteiger partial charge in [-0.3, -0.25) is 0 Å². The minimum absolute atomic E-state index is 0.673.